The maximum Gasteiger partial charge on any atom is 0.261 e. The number of aryl methyl sites for hydroxylation is 2. The molecular weight excluding hydrogens is 294 g/mol. The van der Waals surface area contributed by atoms with Crippen LogP contribution in [0.2, 0.25) is 0 Å². The first-order valence-corrected chi connectivity index (χ1v) is 7.58. The van der Waals surface area contributed by atoms with Crippen LogP contribution in [0.15, 0.2) is 11.1 Å². The lowest BCUT2D eigenvalue weighted by Gasteiger charge is -2.22. The van der Waals surface area contributed by atoms with Crippen LogP contribution in [0.3, 0.4) is 0 Å². The Morgan fingerprint density at radius 1 is 1.26 bits per heavy atom. The summed E-state index contributed by atoms with van der Waals surface area (Å²) in [5.74, 6) is 0.368. The van der Waals surface area contributed by atoms with Crippen molar-refractivity contribution in [1.82, 2.24) is 25.1 Å². The quantitative estimate of drug-likeness (QED) is 0.895. The Morgan fingerprint density at radius 3 is 2.43 bits per heavy atom. The number of amides is 1. The van der Waals surface area contributed by atoms with Crippen LogP contribution in [0, 0.1) is 26.7 Å². The van der Waals surface area contributed by atoms with Crippen LogP contribution >= 0.6 is 0 Å². The highest BCUT2D eigenvalue weighted by atomic mass is 16.2. The van der Waals surface area contributed by atoms with E-state index in [2.05, 4.69) is 20.4 Å². The lowest BCUT2D eigenvalue weighted by molar-refractivity contribution is 0.0919. The maximum absolute atomic E-state index is 12.7. The Kier molecular flexibility index (Phi) is 4.68. The Hall–Kier alpha value is -2.44. The molecule has 0 saturated carbocycles. The molecule has 2 heterocycles. The van der Waals surface area contributed by atoms with Gasteiger partial charge in [0.1, 0.15) is 17.7 Å². The van der Waals surface area contributed by atoms with Crippen molar-refractivity contribution in [3.05, 3.63) is 44.9 Å². The molecule has 0 aromatic carbocycles. The van der Waals surface area contributed by atoms with Gasteiger partial charge in [0.25, 0.3) is 11.5 Å². The van der Waals surface area contributed by atoms with E-state index in [0.717, 1.165) is 11.3 Å². The molecule has 0 spiro atoms. The van der Waals surface area contributed by atoms with E-state index < -0.39 is 5.91 Å². The second-order valence-corrected chi connectivity index (χ2v) is 6.14. The molecule has 0 unspecified atom stereocenters. The minimum Gasteiger partial charge on any atom is -0.342 e. The van der Waals surface area contributed by atoms with E-state index >= 15 is 0 Å². The number of aromatic nitrogens is 4. The normalized spacial score (nSPS) is 12.5. The van der Waals surface area contributed by atoms with Crippen molar-refractivity contribution < 1.29 is 4.79 Å². The summed E-state index contributed by atoms with van der Waals surface area (Å²) in [6.45, 7) is 9.47. The maximum atomic E-state index is 12.7. The summed E-state index contributed by atoms with van der Waals surface area (Å²) < 4.78 is 1.63. The van der Waals surface area contributed by atoms with E-state index in [1.807, 2.05) is 27.7 Å². The number of nitrogens with one attached hydrogen (secondary N) is 2. The summed E-state index contributed by atoms with van der Waals surface area (Å²) in [6.07, 6.45) is 1.45. The van der Waals surface area contributed by atoms with Crippen LogP contribution in [0.1, 0.15) is 52.9 Å². The van der Waals surface area contributed by atoms with Crippen LogP contribution in [-0.4, -0.2) is 25.7 Å². The molecule has 2 rings (SSSR count). The third-order valence-electron chi connectivity index (χ3n) is 4.23. The number of H-pyrrole nitrogens is 1. The van der Waals surface area contributed by atoms with Crippen LogP contribution < -0.4 is 10.9 Å². The number of hydrogen-bond donors (Lipinski definition) is 2. The highest BCUT2D eigenvalue weighted by Gasteiger charge is 2.25. The summed E-state index contributed by atoms with van der Waals surface area (Å²) in [5, 5.41) is 6.97. The summed E-state index contributed by atoms with van der Waals surface area (Å²) >= 11 is 0. The van der Waals surface area contributed by atoms with Gasteiger partial charge in [-0.2, -0.15) is 5.10 Å². The van der Waals surface area contributed by atoms with E-state index in [1.165, 1.54) is 6.33 Å². The second kappa shape index (κ2) is 6.36. The largest absolute Gasteiger partial charge is 0.342 e. The van der Waals surface area contributed by atoms with Gasteiger partial charge in [0.05, 0.1) is 6.04 Å². The lowest BCUT2D eigenvalue weighted by Crippen LogP contribution is -2.37. The number of hydrogen-bond acceptors (Lipinski definition) is 4. The van der Waals surface area contributed by atoms with Crippen molar-refractivity contribution >= 4 is 5.91 Å². The van der Waals surface area contributed by atoms with Gasteiger partial charge >= 0.3 is 0 Å². The van der Waals surface area contributed by atoms with Gasteiger partial charge < -0.3 is 10.3 Å². The lowest BCUT2D eigenvalue weighted by atomic mass is 10.0. The molecule has 7 nitrogen and oxygen atoms in total. The van der Waals surface area contributed by atoms with Crippen molar-refractivity contribution in [2.75, 3.05) is 0 Å². The third kappa shape index (κ3) is 3.18. The smallest absolute Gasteiger partial charge is 0.261 e. The van der Waals surface area contributed by atoms with Crippen LogP contribution in [0.4, 0.5) is 0 Å². The van der Waals surface area contributed by atoms with E-state index in [-0.39, 0.29) is 23.1 Å². The first kappa shape index (κ1) is 16.9. The average molecular weight is 317 g/mol. The Bertz CT molecular complexity index is 788. The molecule has 1 atom stereocenters. The first-order valence-electron chi connectivity index (χ1n) is 7.58. The van der Waals surface area contributed by atoms with Crippen LogP contribution in [0.25, 0.3) is 0 Å². The molecule has 0 aliphatic rings. The molecule has 2 N–H and O–H groups in total. The predicted molar refractivity (Wildman–Crippen MR) is 87.3 cm³/mol. The van der Waals surface area contributed by atoms with E-state index in [4.69, 9.17) is 0 Å². The third-order valence-corrected chi connectivity index (χ3v) is 4.23. The average Bonchev–Trinajstić information content (AvgIpc) is 2.88. The minimum atomic E-state index is -0.395. The van der Waals surface area contributed by atoms with Crippen LogP contribution in [0.5, 0.6) is 0 Å². The molecule has 0 aliphatic carbocycles. The van der Waals surface area contributed by atoms with Crippen molar-refractivity contribution in [2.24, 2.45) is 13.0 Å². The number of aromatic amines is 1. The minimum absolute atomic E-state index is 0.104. The molecule has 1 amide bonds. The highest BCUT2D eigenvalue weighted by molar-refractivity contribution is 5.95. The monoisotopic (exact) mass is 317 g/mol. The molecule has 0 aliphatic heterocycles. The van der Waals surface area contributed by atoms with Gasteiger partial charge in [0.15, 0.2) is 0 Å². The second-order valence-electron chi connectivity index (χ2n) is 6.14. The highest BCUT2D eigenvalue weighted by Crippen LogP contribution is 2.20. The van der Waals surface area contributed by atoms with Gasteiger partial charge in [-0.1, -0.05) is 13.8 Å². The summed E-state index contributed by atoms with van der Waals surface area (Å²) in [5.41, 5.74) is 2.17. The van der Waals surface area contributed by atoms with Crippen molar-refractivity contribution in [3.8, 4) is 0 Å². The van der Waals surface area contributed by atoms with Crippen LogP contribution in [-0.2, 0) is 7.05 Å². The van der Waals surface area contributed by atoms with Gasteiger partial charge in [-0.3, -0.25) is 14.3 Å². The Labute approximate surface area is 135 Å². The molecule has 2 aromatic heterocycles. The van der Waals surface area contributed by atoms with Crippen molar-refractivity contribution in [2.45, 2.75) is 40.7 Å². The SMILES string of the molecule is Cc1[nH]c(=O)c(C(=O)N[C@@H](c2ncnn2C)C(C)C)c(C)c1C. The molecule has 124 valence electrons. The molecule has 7 heteroatoms. The molecule has 0 saturated heterocycles. The number of carbonyl (C=O) groups is 1. The van der Waals surface area contributed by atoms with Crippen molar-refractivity contribution in [1.29, 1.82) is 0 Å². The summed E-state index contributed by atoms with van der Waals surface area (Å²) in [7, 11) is 1.78. The molecular formula is C16H23N5O2. The standard InChI is InChI=1S/C16H23N5O2/c1-8(2)13(14-17-7-18-21(14)6)20-16(23)12-10(4)9(3)11(5)19-15(12)22/h7-8,13H,1-6H3,(H,19,22)(H,20,23)/t13-/m1/s1. The van der Waals surface area contributed by atoms with Gasteiger partial charge in [-0.05, 0) is 37.8 Å². The van der Waals surface area contributed by atoms with Gasteiger partial charge in [-0.15, -0.1) is 0 Å². The summed E-state index contributed by atoms with van der Waals surface area (Å²) in [4.78, 5) is 31.8. The zero-order chi connectivity index (χ0) is 17.3. The zero-order valence-electron chi connectivity index (χ0n) is 14.4. The Balaban J connectivity index is 2.40. The van der Waals surface area contributed by atoms with Gasteiger partial charge in [0, 0.05) is 12.7 Å². The predicted octanol–water partition coefficient (Wildman–Crippen LogP) is 1.56. The summed E-state index contributed by atoms with van der Waals surface area (Å²) in [6, 6.07) is -0.324. The molecule has 0 bridgehead atoms. The fourth-order valence-corrected chi connectivity index (χ4v) is 2.57. The van der Waals surface area contributed by atoms with Crippen molar-refractivity contribution in [3.63, 3.8) is 0 Å². The van der Waals surface area contributed by atoms with E-state index in [0.29, 0.717) is 11.4 Å². The van der Waals surface area contributed by atoms with E-state index in [1.54, 1.807) is 18.7 Å². The Morgan fingerprint density at radius 2 is 1.91 bits per heavy atom. The fraction of sp³-hybridized carbons (Fsp3) is 0.500. The zero-order valence-corrected chi connectivity index (χ0v) is 14.4. The molecule has 23 heavy (non-hydrogen) atoms. The molecule has 0 radical (unpaired) electrons. The fourth-order valence-electron chi connectivity index (χ4n) is 2.57. The molecule has 0 fully saturated rings. The number of nitrogens with zero attached hydrogens (tertiary/aromatic N) is 3. The number of rotatable bonds is 4. The van der Waals surface area contributed by atoms with Gasteiger partial charge in [0.2, 0.25) is 0 Å². The van der Waals surface area contributed by atoms with E-state index in [9.17, 15) is 9.59 Å². The number of carbonyl (C=O) groups excluding carboxylic acids is 1. The number of pyridine rings is 1. The van der Waals surface area contributed by atoms with Gasteiger partial charge in [-0.25, -0.2) is 4.98 Å². The topological polar surface area (TPSA) is 92.7 Å². The first-order chi connectivity index (χ1) is 10.7. The molecule has 2 aromatic rings.